The van der Waals surface area contributed by atoms with Crippen LogP contribution in [0, 0.1) is 0 Å². The molecule has 0 aromatic carbocycles. The Balaban J connectivity index is 2.68. The van der Waals surface area contributed by atoms with Crippen molar-refractivity contribution in [2.24, 2.45) is 0 Å². The zero-order chi connectivity index (χ0) is 9.52. The molecule has 1 heterocycles. The Morgan fingerprint density at radius 3 is 2.17 bits per heavy atom. The Morgan fingerprint density at radius 1 is 1.50 bits per heavy atom. The lowest BCUT2D eigenvalue weighted by Gasteiger charge is -2.52. The smallest absolute Gasteiger partial charge is 0.238 e. The third-order valence-electron chi connectivity index (χ3n) is 2.41. The Labute approximate surface area is 78.9 Å². The average Bonchev–Trinajstić information content (AvgIpc) is 1.77. The van der Waals surface area contributed by atoms with Crippen LogP contribution >= 0.6 is 11.6 Å². The number of carbonyl (C=O) groups excluding carboxylic acids is 1. The van der Waals surface area contributed by atoms with Crippen molar-refractivity contribution in [1.82, 2.24) is 4.90 Å². The average molecular weight is 190 g/mol. The van der Waals surface area contributed by atoms with Gasteiger partial charge in [-0.2, -0.15) is 0 Å². The molecule has 0 aromatic heterocycles. The van der Waals surface area contributed by atoms with Gasteiger partial charge < -0.3 is 0 Å². The molecule has 0 N–H and O–H groups in total. The van der Waals surface area contributed by atoms with Crippen LogP contribution in [-0.2, 0) is 4.79 Å². The Hall–Kier alpha value is -0.0800. The second kappa shape index (κ2) is 3.00. The van der Waals surface area contributed by atoms with E-state index in [1.807, 2.05) is 0 Å². The van der Waals surface area contributed by atoms with Crippen LogP contribution in [0.4, 0.5) is 0 Å². The SMILES string of the molecule is C[C@H]1C[C@@H](C(=O)Cl)N1C(C)(C)C. The number of rotatable bonds is 1. The van der Waals surface area contributed by atoms with Gasteiger partial charge in [-0.3, -0.25) is 9.69 Å². The number of hydrogen-bond acceptors (Lipinski definition) is 2. The van der Waals surface area contributed by atoms with Gasteiger partial charge in [0.1, 0.15) is 0 Å². The molecule has 0 radical (unpaired) electrons. The molecule has 3 heteroatoms. The molecule has 1 aliphatic heterocycles. The third kappa shape index (κ3) is 1.64. The Kier molecular flexibility index (Phi) is 2.50. The molecule has 2 nitrogen and oxygen atoms in total. The van der Waals surface area contributed by atoms with Crippen LogP contribution in [0.5, 0.6) is 0 Å². The first kappa shape index (κ1) is 10.0. The summed E-state index contributed by atoms with van der Waals surface area (Å²) < 4.78 is 0. The predicted molar refractivity (Wildman–Crippen MR) is 50.3 cm³/mol. The summed E-state index contributed by atoms with van der Waals surface area (Å²) in [6.07, 6.45) is 0.902. The number of nitrogens with zero attached hydrogens (tertiary/aromatic N) is 1. The summed E-state index contributed by atoms with van der Waals surface area (Å²) in [6.45, 7) is 8.45. The minimum atomic E-state index is -0.219. The van der Waals surface area contributed by atoms with E-state index in [0.29, 0.717) is 6.04 Å². The highest BCUT2D eigenvalue weighted by molar-refractivity contribution is 6.64. The highest BCUT2D eigenvalue weighted by atomic mass is 35.5. The van der Waals surface area contributed by atoms with Crippen molar-refractivity contribution in [3.05, 3.63) is 0 Å². The van der Waals surface area contributed by atoms with E-state index in [0.717, 1.165) is 6.42 Å². The van der Waals surface area contributed by atoms with E-state index >= 15 is 0 Å². The Morgan fingerprint density at radius 2 is 2.00 bits per heavy atom. The Bertz CT molecular complexity index is 197. The molecule has 0 saturated carbocycles. The lowest BCUT2D eigenvalue weighted by molar-refractivity contribution is -0.130. The van der Waals surface area contributed by atoms with E-state index in [2.05, 4.69) is 32.6 Å². The fourth-order valence-corrected chi connectivity index (χ4v) is 2.24. The molecule has 0 aromatic rings. The lowest BCUT2D eigenvalue weighted by Crippen LogP contribution is -2.64. The van der Waals surface area contributed by atoms with Crippen LogP contribution in [0.3, 0.4) is 0 Å². The standard InChI is InChI=1S/C9H16ClNO/c1-6-5-7(8(10)12)11(6)9(2,3)4/h6-7H,5H2,1-4H3/t6-,7-/m0/s1. The minimum Gasteiger partial charge on any atom is -0.285 e. The normalized spacial score (nSPS) is 31.4. The van der Waals surface area contributed by atoms with E-state index in [4.69, 9.17) is 11.6 Å². The molecule has 0 unspecified atom stereocenters. The first-order valence-electron chi connectivity index (χ1n) is 4.32. The van der Waals surface area contributed by atoms with E-state index in [1.54, 1.807) is 0 Å². The minimum absolute atomic E-state index is 0.0485. The lowest BCUT2D eigenvalue weighted by atomic mass is 9.87. The molecule has 1 saturated heterocycles. The van der Waals surface area contributed by atoms with Crippen molar-refractivity contribution < 1.29 is 4.79 Å². The van der Waals surface area contributed by atoms with E-state index in [1.165, 1.54) is 0 Å². The zero-order valence-corrected chi connectivity index (χ0v) is 8.85. The molecular weight excluding hydrogens is 174 g/mol. The molecule has 1 fully saturated rings. The van der Waals surface area contributed by atoms with Gasteiger partial charge in [0.05, 0.1) is 6.04 Å². The van der Waals surface area contributed by atoms with Gasteiger partial charge in [-0.15, -0.1) is 0 Å². The molecule has 1 aliphatic rings. The van der Waals surface area contributed by atoms with Gasteiger partial charge in [-0.1, -0.05) is 0 Å². The molecule has 1 rings (SSSR count). The number of carbonyl (C=O) groups is 1. The van der Waals surface area contributed by atoms with Gasteiger partial charge in [0.25, 0.3) is 0 Å². The highest BCUT2D eigenvalue weighted by Crippen LogP contribution is 2.34. The zero-order valence-electron chi connectivity index (χ0n) is 8.10. The number of halogens is 1. The van der Waals surface area contributed by atoms with Crippen LogP contribution in [0.25, 0.3) is 0 Å². The molecular formula is C9H16ClNO. The summed E-state index contributed by atoms with van der Waals surface area (Å²) in [7, 11) is 0. The van der Waals surface area contributed by atoms with Gasteiger partial charge in [0.15, 0.2) is 0 Å². The summed E-state index contributed by atoms with van der Waals surface area (Å²) in [4.78, 5) is 13.1. The molecule has 0 aliphatic carbocycles. The van der Waals surface area contributed by atoms with Crippen molar-refractivity contribution in [2.45, 2.75) is 51.7 Å². The van der Waals surface area contributed by atoms with E-state index < -0.39 is 0 Å². The van der Waals surface area contributed by atoms with Gasteiger partial charge in [0.2, 0.25) is 5.24 Å². The maximum absolute atomic E-state index is 11.0. The van der Waals surface area contributed by atoms with Crippen LogP contribution in [-0.4, -0.2) is 27.8 Å². The maximum atomic E-state index is 11.0. The van der Waals surface area contributed by atoms with Gasteiger partial charge in [-0.05, 0) is 45.7 Å². The van der Waals surface area contributed by atoms with Crippen LogP contribution in [0.2, 0.25) is 0 Å². The van der Waals surface area contributed by atoms with Crippen LogP contribution in [0.15, 0.2) is 0 Å². The summed E-state index contributed by atoms with van der Waals surface area (Å²) >= 11 is 5.47. The van der Waals surface area contributed by atoms with E-state index in [-0.39, 0.29) is 16.8 Å². The number of hydrogen-bond donors (Lipinski definition) is 0. The van der Waals surface area contributed by atoms with Crippen molar-refractivity contribution >= 4 is 16.8 Å². The largest absolute Gasteiger partial charge is 0.285 e. The maximum Gasteiger partial charge on any atom is 0.238 e. The summed E-state index contributed by atoms with van der Waals surface area (Å²) in [5, 5.41) is -0.219. The van der Waals surface area contributed by atoms with E-state index in [9.17, 15) is 4.79 Å². The second-order valence-corrected chi connectivity index (χ2v) is 4.86. The van der Waals surface area contributed by atoms with Crippen molar-refractivity contribution in [1.29, 1.82) is 0 Å². The van der Waals surface area contributed by atoms with Crippen molar-refractivity contribution in [2.75, 3.05) is 0 Å². The molecule has 70 valence electrons. The van der Waals surface area contributed by atoms with Gasteiger partial charge in [0, 0.05) is 11.6 Å². The number of likely N-dealkylation sites (tertiary alicyclic amines) is 1. The highest BCUT2D eigenvalue weighted by Gasteiger charge is 2.44. The monoisotopic (exact) mass is 189 g/mol. The molecule has 0 amide bonds. The topological polar surface area (TPSA) is 20.3 Å². The summed E-state index contributed by atoms with van der Waals surface area (Å²) in [5.74, 6) is 0. The first-order chi connectivity index (χ1) is 5.34. The molecule has 12 heavy (non-hydrogen) atoms. The van der Waals surface area contributed by atoms with Crippen molar-refractivity contribution in [3.8, 4) is 0 Å². The summed E-state index contributed by atoms with van der Waals surface area (Å²) in [6, 6.07) is 0.430. The second-order valence-electron chi connectivity index (χ2n) is 4.48. The van der Waals surface area contributed by atoms with Crippen LogP contribution < -0.4 is 0 Å². The fourth-order valence-electron chi connectivity index (χ4n) is 2.05. The summed E-state index contributed by atoms with van der Waals surface area (Å²) in [5.41, 5.74) is 0.0485. The van der Waals surface area contributed by atoms with Gasteiger partial charge in [-0.25, -0.2) is 0 Å². The molecule has 0 spiro atoms. The van der Waals surface area contributed by atoms with Gasteiger partial charge >= 0.3 is 0 Å². The predicted octanol–water partition coefficient (Wildman–Crippen LogP) is 2.01. The molecule has 2 atom stereocenters. The molecule has 0 bridgehead atoms. The fraction of sp³-hybridized carbons (Fsp3) is 0.889. The quantitative estimate of drug-likeness (QED) is 0.589. The van der Waals surface area contributed by atoms with Crippen LogP contribution in [0.1, 0.15) is 34.1 Å². The first-order valence-corrected chi connectivity index (χ1v) is 4.69. The van der Waals surface area contributed by atoms with Crippen molar-refractivity contribution in [3.63, 3.8) is 0 Å². The third-order valence-corrected chi connectivity index (χ3v) is 2.66.